The van der Waals surface area contributed by atoms with Crippen molar-refractivity contribution >= 4 is 11.7 Å². The quantitative estimate of drug-likeness (QED) is 0.803. The number of carbonyl (C=O) groups excluding carboxylic acids is 1. The molecule has 0 spiro atoms. The van der Waals surface area contributed by atoms with Gasteiger partial charge in [-0.2, -0.15) is 0 Å². The van der Waals surface area contributed by atoms with E-state index in [1.165, 1.54) is 4.68 Å². The second-order valence-electron chi connectivity index (χ2n) is 4.00. The number of carbonyl (C=O) groups is 1. The molecule has 8 nitrogen and oxygen atoms in total. The average molecular weight is 250 g/mol. The molecule has 0 saturated heterocycles. The lowest BCUT2D eigenvalue weighted by atomic mass is 10.3. The molecular formula is C10H14N6O2. The molecule has 0 aliphatic rings. The van der Waals surface area contributed by atoms with Crippen LogP contribution >= 0.6 is 0 Å². The zero-order valence-corrected chi connectivity index (χ0v) is 10.1. The number of nitrogens with zero attached hydrogens (tertiary/aromatic N) is 4. The van der Waals surface area contributed by atoms with Crippen molar-refractivity contribution in [1.82, 2.24) is 20.2 Å². The van der Waals surface area contributed by atoms with Crippen molar-refractivity contribution in [2.45, 2.75) is 26.4 Å². The summed E-state index contributed by atoms with van der Waals surface area (Å²) in [5.74, 6) is 0.750. The summed E-state index contributed by atoms with van der Waals surface area (Å²) in [6, 6.07) is 1.42. The molecule has 18 heavy (non-hydrogen) atoms. The van der Waals surface area contributed by atoms with Gasteiger partial charge in [0, 0.05) is 12.1 Å². The van der Waals surface area contributed by atoms with E-state index >= 15 is 0 Å². The van der Waals surface area contributed by atoms with E-state index in [1.807, 2.05) is 0 Å². The largest absolute Gasteiger partial charge is 0.360 e. The van der Waals surface area contributed by atoms with E-state index < -0.39 is 0 Å². The number of aromatic nitrogens is 4. The lowest BCUT2D eigenvalue weighted by Gasteiger charge is -2.00. The molecule has 1 amide bonds. The summed E-state index contributed by atoms with van der Waals surface area (Å²) in [6.45, 7) is 3.59. The first kappa shape index (κ1) is 12.2. The Balaban J connectivity index is 1.94. The van der Waals surface area contributed by atoms with E-state index in [9.17, 15) is 4.79 Å². The molecule has 2 aromatic heterocycles. The first-order valence-corrected chi connectivity index (χ1v) is 5.43. The SMILES string of the molecule is Cc1cc(NC(=O)Cn2cc(C(C)N)nn2)no1. The maximum absolute atomic E-state index is 11.7. The van der Waals surface area contributed by atoms with Crippen LogP contribution in [0.3, 0.4) is 0 Å². The fourth-order valence-electron chi connectivity index (χ4n) is 1.35. The minimum absolute atomic E-state index is 0.0472. The normalized spacial score (nSPS) is 12.4. The van der Waals surface area contributed by atoms with Crippen molar-refractivity contribution in [2.24, 2.45) is 5.73 Å². The van der Waals surface area contributed by atoms with Gasteiger partial charge in [-0.15, -0.1) is 5.10 Å². The minimum Gasteiger partial charge on any atom is -0.360 e. The Morgan fingerprint density at radius 3 is 3.00 bits per heavy atom. The van der Waals surface area contributed by atoms with Gasteiger partial charge in [0.25, 0.3) is 0 Å². The smallest absolute Gasteiger partial charge is 0.247 e. The molecule has 0 aliphatic carbocycles. The van der Waals surface area contributed by atoms with Crippen molar-refractivity contribution < 1.29 is 9.32 Å². The molecule has 0 aliphatic heterocycles. The molecule has 2 aromatic rings. The molecule has 1 unspecified atom stereocenters. The molecule has 2 heterocycles. The monoisotopic (exact) mass is 250 g/mol. The molecule has 0 aromatic carbocycles. The Hall–Kier alpha value is -2.22. The van der Waals surface area contributed by atoms with Gasteiger partial charge >= 0.3 is 0 Å². The Morgan fingerprint density at radius 1 is 1.67 bits per heavy atom. The number of nitrogens with two attached hydrogens (primary N) is 1. The lowest BCUT2D eigenvalue weighted by Crippen LogP contribution is -2.19. The van der Waals surface area contributed by atoms with Gasteiger partial charge < -0.3 is 15.6 Å². The highest BCUT2D eigenvalue weighted by Crippen LogP contribution is 2.07. The Kier molecular flexibility index (Phi) is 3.38. The zero-order valence-electron chi connectivity index (χ0n) is 10.1. The van der Waals surface area contributed by atoms with Gasteiger partial charge in [-0.25, -0.2) is 4.68 Å². The van der Waals surface area contributed by atoms with Gasteiger partial charge in [-0.1, -0.05) is 10.4 Å². The Bertz CT molecular complexity index is 544. The summed E-state index contributed by atoms with van der Waals surface area (Å²) in [5, 5.41) is 13.9. The predicted molar refractivity (Wildman–Crippen MR) is 62.5 cm³/mol. The zero-order chi connectivity index (χ0) is 13.1. The van der Waals surface area contributed by atoms with Crippen molar-refractivity contribution in [3.05, 3.63) is 23.7 Å². The lowest BCUT2D eigenvalue weighted by molar-refractivity contribution is -0.117. The molecule has 2 rings (SSSR count). The van der Waals surface area contributed by atoms with Crippen molar-refractivity contribution in [1.29, 1.82) is 0 Å². The number of hydrogen-bond acceptors (Lipinski definition) is 6. The van der Waals surface area contributed by atoms with E-state index in [0.717, 1.165) is 0 Å². The van der Waals surface area contributed by atoms with Gasteiger partial charge in [-0.05, 0) is 13.8 Å². The van der Waals surface area contributed by atoms with Gasteiger partial charge in [-0.3, -0.25) is 4.79 Å². The summed E-state index contributed by atoms with van der Waals surface area (Å²) in [6.07, 6.45) is 1.64. The molecule has 8 heteroatoms. The number of anilines is 1. The van der Waals surface area contributed by atoms with Crippen LogP contribution in [0.4, 0.5) is 5.82 Å². The molecule has 0 fully saturated rings. The van der Waals surface area contributed by atoms with Crippen LogP contribution in [-0.4, -0.2) is 26.1 Å². The second-order valence-corrected chi connectivity index (χ2v) is 4.00. The Labute approximate surface area is 103 Å². The maximum atomic E-state index is 11.7. The van der Waals surface area contributed by atoms with Gasteiger partial charge in [0.15, 0.2) is 5.82 Å². The molecule has 0 bridgehead atoms. The first-order valence-electron chi connectivity index (χ1n) is 5.43. The van der Waals surface area contributed by atoms with Crippen LogP contribution in [0, 0.1) is 6.92 Å². The highest BCUT2D eigenvalue weighted by molar-refractivity contribution is 5.89. The van der Waals surface area contributed by atoms with Crippen LogP contribution in [0.15, 0.2) is 16.8 Å². The molecule has 3 N–H and O–H groups in total. The third-order valence-electron chi connectivity index (χ3n) is 2.22. The molecule has 1 atom stereocenters. The van der Waals surface area contributed by atoms with E-state index in [2.05, 4.69) is 20.8 Å². The van der Waals surface area contributed by atoms with Crippen LogP contribution in [0.5, 0.6) is 0 Å². The van der Waals surface area contributed by atoms with E-state index in [4.69, 9.17) is 10.3 Å². The van der Waals surface area contributed by atoms with Gasteiger partial charge in [0.2, 0.25) is 5.91 Å². The number of aryl methyl sites for hydroxylation is 1. The Morgan fingerprint density at radius 2 is 2.44 bits per heavy atom. The van der Waals surface area contributed by atoms with E-state index in [0.29, 0.717) is 17.3 Å². The summed E-state index contributed by atoms with van der Waals surface area (Å²) >= 11 is 0. The average Bonchev–Trinajstić information content (AvgIpc) is 2.88. The standard InChI is InChI=1S/C10H14N6O2/c1-6-3-9(14-18-6)12-10(17)5-16-4-8(7(2)11)13-15-16/h3-4,7H,5,11H2,1-2H3,(H,12,14,17). The van der Waals surface area contributed by atoms with Crippen molar-refractivity contribution in [3.8, 4) is 0 Å². The summed E-state index contributed by atoms with van der Waals surface area (Å²) in [5.41, 5.74) is 6.28. The number of rotatable bonds is 4. The topological polar surface area (TPSA) is 112 Å². The molecule has 96 valence electrons. The summed E-state index contributed by atoms with van der Waals surface area (Å²) in [4.78, 5) is 11.7. The highest BCUT2D eigenvalue weighted by Gasteiger charge is 2.10. The summed E-state index contributed by atoms with van der Waals surface area (Å²) < 4.78 is 6.25. The molecule has 0 radical (unpaired) electrons. The molecular weight excluding hydrogens is 236 g/mol. The van der Waals surface area contributed by atoms with Crippen LogP contribution in [0.2, 0.25) is 0 Å². The van der Waals surface area contributed by atoms with Crippen molar-refractivity contribution in [2.75, 3.05) is 5.32 Å². The minimum atomic E-state index is -0.260. The van der Waals surface area contributed by atoms with Gasteiger partial charge in [0.05, 0.1) is 11.9 Å². The van der Waals surface area contributed by atoms with Crippen LogP contribution in [0.1, 0.15) is 24.4 Å². The van der Waals surface area contributed by atoms with Gasteiger partial charge in [0.1, 0.15) is 12.3 Å². The number of hydrogen-bond donors (Lipinski definition) is 2. The maximum Gasteiger partial charge on any atom is 0.247 e. The van der Waals surface area contributed by atoms with Crippen LogP contribution in [-0.2, 0) is 11.3 Å². The van der Waals surface area contributed by atoms with Crippen LogP contribution < -0.4 is 11.1 Å². The number of nitrogens with one attached hydrogen (secondary N) is 1. The predicted octanol–water partition coefficient (Wildman–Crippen LogP) is 0.233. The summed E-state index contributed by atoms with van der Waals surface area (Å²) in [7, 11) is 0. The second kappa shape index (κ2) is 4.96. The first-order chi connectivity index (χ1) is 8.54. The highest BCUT2D eigenvalue weighted by atomic mass is 16.5. The molecule has 0 saturated carbocycles. The third kappa shape index (κ3) is 2.92. The number of amides is 1. The van der Waals surface area contributed by atoms with Crippen LogP contribution in [0.25, 0.3) is 0 Å². The van der Waals surface area contributed by atoms with Crippen molar-refractivity contribution in [3.63, 3.8) is 0 Å². The fourth-order valence-corrected chi connectivity index (χ4v) is 1.35. The third-order valence-corrected chi connectivity index (χ3v) is 2.22. The van der Waals surface area contributed by atoms with E-state index in [-0.39, 0.29) is 18.5 Å². The van der Waals surface area contributed by atoms with E-state index in [1.54, 1.807) is 26.1 Å². The fraction of sp³-hybridized carbons (Fsp3) is 0.400.